The van der Waals surface area contributed by atoms with Crippen molar-refractivity contribution in [3.8, 4) is 0 Å². The largest absolute Gasteiger partial charge is 0.324 e. The number of anilines is 1. The lowest BCUT2D eigenvalue weighted by molar-refractivity contribution is 1.30. The minimum Gasteiger partial charge on any atom is -0.324 e. The molecule has 2 rings (SSSR count). The first-order valence-corrected chi connectivity index (χ1v) is 3.88. The van der Waals surface area contributed by atoms with Gasteiger partial charge in [0.1, 0.15) is 0 Å². The summed E-state index contributed by atoms with van der Waals surface area (Å²) in [6.45, 7) is 0. The van der Waals surface area contributed by atoms with Crippen LogP contribution in [0.5, 0.6) is 0 Å². The zero-order valence-corrected chi connectivity index (χ0v) is 6.06. The van der Waals surface area contributed by atoms with E-state index in [-0.39, 0.29) is 0 Å². The van der Waals surface area contributed by atoms with E-state index in [1.165, 1.54) is 0 Å². The molecule has 2 heterocycles. The summed E-state index contributed by atoms with van der Waals surface area (Å²) in [6, 6.07) is 3.93. The number of nitrogens with zero attached hydrogens (tertiary/aromatic N) is 1. The molecule has 1 aromatic rings. The highest BCUT2D eigenvalue weighted by atomic mass is 32.2. The number of fused-ring (bicyclic) bond motifs is 1. The van der Waals surface area contributed by atoms with Gasteiger partial charge in [0.2, 0.25) is 0 Å². The van der Waals surface area contributed by atoms with E-state index in [1.807, 2.05) is 23.6 Å². The lowest BCUT2D eigenvalue weighted by Gasteiger charge is -2.08. The van der Waals surface area contributed by atoms with Gasteiger partial charge in [0.25, 0.3) is 0 Å². The minimum atomic E-state index is 1.02. The molecular weight excluding hydrogens is 144 g/mol. The lowest BCUT2D eigenvalue weighted by atomic mass is 10.3. The summed E-state index contributed by atoms with van der Waals surface area (Å²) in [6.07, 6.45) is 3.79. The fraction of sp³-hybridized carbons (Fsp3) is 0. The summed E-state index contributed by atoms with van der Waals surface area (Å²) in [5.74, 6) is 0. The van der Waals surface area contributed by atoms with Gasteiger partial charge in [-0.15, -0.1) is 0 Å². The van der Waals surface area contributed by atoms with Crippen LogP contribution in [0, 0.1) is 0 Å². The van der Waals surface area contributed by atoms with E-state index in [0.717, 1.165) is 11.4 Å². The average molecular weight is 150 g/mol. The second-order valence-corrected chi connectivity index (χ2v) is 2.67. The predicted octanol–water partition coefficient (Wildman–Crippen LogP) is 2.13. The number of rotatable bonds is 0. The molecule has 0 radical (unpaired) electrons. The van der Waals surface area contributed by atoms with Gasteiger partial charge in [-0.25, -0.2) is 0 Å². The molecule has 50 valence electrons. The summed E-state index contributed by atoms with van der Waals surface area (Å²) in [5.41, 5.74) is 2.11. The average Bonchev–Trinajstić information content (AvgIpc) is 2.05. The molecule has 0 fully saturated rings. The van der Waals surface area contributed by atoms with E-state index < -0.39 is 0 Å². The lowest BCUT2D eigenvalue weighted by Crippen LogP contribution is -1.93. The third-order valence-corrected chi connectivity index (χ3v) is 1.91. The Morgan fingerprint density at radius 3 is 3.40 bits per heavy atom. The van der Waals surface area contributed by atoms with Gasteiger partial charge >= 0.3 is 0 Å². The van der Waals surface area contributed by atoms with Crippen LogP contribution in [0.3, 0.4) is 0 Å². The number of aromatic nitrogens is 1. The maximum absolute atomic E-state index is 4.16. The fourth-order valence-corrected chi connectivity index (χ4v) is 1.40. The molecular formula is C7H6N2S. The summed E-state index contributed by atoms with van der Waals surface area (Å²) in [5, 5.41) is 1.98. The van der Waals surface area contributed by atoms with Crippen molar-refractivity contribution in [1.29, 1.82) is 0 Å². The zero-order chi connectivity index (χ0) is 6.81. The van der Waals surface area contributed by atoms with Crippen LogP contribution >= 0.6 is 11.9 Å². The smallest absolute Gasteiger partial charge is 0.0875 e. The van der Waals surface area contributed by atoms with Crippen molar-refractivity contribution in [2.45, 2.75) is 0 Å². The normalized spacial score (nSPS) is 14.0. The first-order chi connectivity index (χ1) is 4.97. The van der Waals surface area contributed by atoms with Crippen LogP contribution in [0.15, 0.2) is 23.7 Å². The Morgan fingerprint density at radius 2 is 2.50 bits per heavy atom. The summed E-state index contributed by atoms with van der Waals surface area (Å²) in [7, 11) is 0. The zero-order valence-electron chi connectivity index (χ0n) is 5.24. The van der Waals surface area contributed by atoms with Crippen molar-refractivity contribution in [2.24, 2.45) is 0 Å². The van der Waals surface area contributed by atoms with Crippen LogP contribution in [0.4, 0.5) is 5.69 Å². The number of hydrogen-bond acceptors (Lipinski definition) is 3. The third kappa shape index (κ3) is 0.885. The predicted molar refractivity (Wildman–Crippen MR) is 44.5 cm³/mol. The summed E-state index contributed by atoms with van der Waals surface area (Å²) in [4.78, 5) is 4.16. The Kier molecular flexibility index (Phi) is 1.36. The van der Waals surface area contributed by atoms with Gasteiger partial charge in [0.15, 0.2) is 0 Å². The number of pyridine rings is 1. The van der Waals surface area contributed by atoms with Gasteiger partial charge in [-0.1, -0.05) is 0 Å². The van der Waals surface area contributed by atoms with Crippen molar-refractivity contribution in [1.82, 2.24) is 4.98 Å². The number of nitrogens with one attached hydrogen (secondary N) is 1. The van der Waals surface area contributed by atoms with Crippen molar-refractivity contribution in [2.75, 3.05) is 4.72 Å². The van der Waals surface area contributed by atoms with E-state index in [4.69, 9.17) is 0 Å². The summed E-state index contributed by atoms with van der Waals surface area (Å²) >= 11 is 1.57. The first kappa shape index (κ1) is 5.80. The van der Waals surface area contributed by atoms with Gasteiger partial charge < -0.3 is 4.72 Å². The molecule has 0 aromatic carbocycles. The molecule has 0 saturated heterocycles. The van der Waals surface area contributed by atoms with Crippen LogP contribution in [-0.4, -0.2) is 4.98 Å². The van der Waals surface area contributed by atoms with Crippen molar-refractivity contribution in [3.05, 3.63) is 29.4 Å². The van der Waals surface area contributed by atoms with Crippen LogP contribution in [0.1, 0.15) is 5.69 Å². The van der Waals surface area contributed by atoms with Gasteiger partial charge in [-0.3, -0.25) is 4.98 Å². The SMILES string of the molecule is C1=Cc2ncccc2NS1. The molecule has 1 aliphatic rings. The molecule has 3 heteroatoms. The van der Waals surface area contributed by atoms with Crippen LogP contribution in [-0.2, 0) is 0 Å². The molecule has 2 nitrogen and oxygen atoms in total. The highest BCUT2D eigenvalue weighted by Crippen LogP contribution is 2.23. The summed E-state index contributed by atoms with van der Waals surface area (Å²) < 4.78 is 3.13. The Balaban J connectivity index is 2.54. The quantitative estimate of drug-likeness (QED) is 0.573. The molecule has 0 unspecified atom stereocenters. The molecule has 0 saturated carbocycles. The first-order valence-electron chi connectivity index (χ1n) is 3.00. The van der Waals surface area contributed by atoms with E-state index >= 15 is 0 Å². The minimum absolute atomic E-state index is 1.02. The molecule has 1 aromatic heterocycles. The Morgan fingerprint density at radius 1 is 1.50 bits per heavy atom. The molecule has 0 aliphatic carbocycles. The van der Waals surface area contributed by atoms with Gasteiger partial charge in [-0.05, 0) is 35.6 Å². The maximum Gasteiger partial charge on any atom is 0.0875 e. The van der Waals surface area contributed by atoms with Crippen LogP contribution < -0.4 is 4.72 Å². The third-order valence-electron chi connectivity index (χ3n) is 1.30. The van der Waals surface area contributed by atoms with Crippen molar-refractivity contribution in [3.63, 3.8) is 0 Å². The Hall–Kier alpha value is -0.960. The molecule has 1 N–H and O–H groups in total. The van der Waals surface area contributed by atoms with Gasteiger partial charge in [0, 0.05) is 6.20 Å². The highest BCUT2D eigenvalue weighted by molar-refractivity contribution is 8.03. The molecule has 10 heavy (non-hydrogen) atoms. The Labute approximate surface area is 63.5 Å². The second-order valence-electron chi connectivity index (χ2n) is 1.96. The van der Waals surface area contributed by atoms with Crippen LogP contribution in [0.2, 0.25) is 0 Å². The maximum atomic E-state index is 4.16. The fourth-order valence-electron chi connectivity index (χ4n) is 0.833. The van der Waals surface area contributed by atoms with E-state index in [9.17, 15) is 0 Å². The van der Waals surface area contributed by atoms with E-state index in [1.54, 1.807) is 18.1 Å². The van der Waals surface area contributed by atoms with Gasteiger partial charge in [0.05, 0.1) is 11.4 Å². The molecule has 0 amide bonds. The molecule has 0 bridgehead atoms. The topological polar surface area (TPSA) is 24.9 Å². The number of hydrogen-bond donors (Lipinski definition) is 1. The van der Waals surface area contributed by atoms with E-state index in [0.29, 0.717) is 0 Å². The molecule has 1 aliphatic heterocycles. The Bertz CT molecular complexity index is 270. The van der Waals surface area contributed by atoms with E-state index in [2.05, 4.69) is 9.71 Å². The highest BCUT2D eigenvalue weighted by Gasteiger charge is 2.01. The molecule has 0 spiro atoms. The monoisotopic (exact) mass is 150 g/mol. The van der Waals surface area contributed by atoms with Crippen LogP contribution in [0.25, 0.3) is 6.08 Å². The van der Waals surface area contributed by atoms with Crippen molar-refractivity contribution < 1.29 is 0 Å². The van der Waals surface area contributed by atoms with Crippen molar-refractivity contribution >= 4 is 23.7 Å². The standard InChI is InChI=1S/C7H6N2S/c1-2-7-6(8-4-1)3-5-10-9-7/h1-5,9H. The molecule has 0 atom stereocenters. The second kappa shape index (κ2) is 2.34. The van der Waals surface area contributed by atoms with Gasteiger partial charge in [-0.2, -0.15) is 0 Å².